The van der Waals surface area contributed by atoms with Crippen LogP contribution in [-0.2, 0) is 11.3 Å². The van der Waals surface area contributed by atoms with E-state index in [0.717, 1.165) is 4.88 Å². The molecule has 1 aromatic heterocycles. The Balaban J connectivity index is 2.33. The number of carbonyl (C=O) groups excluding carboxylic acids is 1. The number of halogens is 1. The second-order valence-corrected chi connectivity index (χ2v) is 6.33. The molecule has 0 aliphatic heterocycles. The number of aliphatic hydroxyl groups is 1. The lowest BCUT2D eigenvalue weighted by Gasteiger charge is -2.21. The lowest BCUT2D eigenvalue weighted by molar-refractivity contribution is -0.114. The van der Waals surface area contributed by atoms with Gasteiger partial charge < -0.3 is 14.7 Å². The minimum Gasteiger partial charge on any atom is -0.495 e. The predicted octanol–water partition coefficient (Wildman–Crippen LogP) is 3.58. The Labute approximate surface area is 143 Å². The van der Waals surface area contributed by atoms with Gasteiger partial charge in [-0.05, 0) is 25.1 Å². The fourth-order valence-electron chi connectivity index (χ4n) is 1.95. The van der Waals surface area contributed by atoms with Gasteiger partial charge in [-0.1, -0.05) is 18.2 Å². The van der Waals surface area contributed by atoms with Crippen LogP contribution in [0.3, 0.4) is 0 Å². The topological polar surface area (TPSA) is 62.7 Å². The second-order valence-electron chi connectivity index (χ2n) is 4.78. The van der Waals surface area contributed by atoms with Gasteiger partial charge in [0.15, 0.2) is 0 Å². The number of ether oxygens (including phenoxy) is 1. The minimum absolute atomic E-state index is 0.261. The van der Waals surface area contributed by atoms with Crippen LogP contribution in [0, 0.1) is 0 Å². The molecule has 23 heavy (non-hydrogen) atoms. The molecule has 1 amide bonds. The molecule has 2 rings (SSSR count). The lowest BCUT2D eigenvalue weighted by atomic mass is 10.2. The van der Waals surface area contributed by atoms with Gasteiger partial charge in [-0.15, -0.1) is 11.3 Å². The zero-order chi connectivity index (χ0) is 17.0. The van der Waals surface area contributed by atoms with E-state index in [9.17, 15) is 9.90 Å². The summed E-state index contributed by atoms with van der Waals surface area (Å²) in [5.74, 6) is 0.220. The largest absolute Gasteiger partial charge is 0.495 e. The number of anilines is 1. The maximum atomic E-state index is 12.2. The smallest absolute Gasteiger partial charge is 0.250 e. The third kappa shape index (κ3) is 4.10. The van der Waals surface area contributed by atoms with Crippen LogP contribution in [-0.4, -0.2) is 23.1 Å². The normalized spacial score (nSPS) is 11.8. The van der Waals surface area contributed by atoms with Gasteiger partial charge in [0.2, 0.25) is 0 Å². The zero-order valence-corrected chi connectivity index (χ0v) is 14.4. The first-order valence-corrected chi connectivity index (χ1v) is 8.05. The second kappa shape index (κ2) is 7.59. The molecule has 0 radical (unpaired) electrons. The molecule has 2 aromatic rings. The molecule has 1 unspecified atom stereocenters. The van der Waals surface area contributed by atoms with Crippen LogP contribution in [0.5, 0.6) is 5.75 Å². The number of rotatable bonds is 6. The van der Waals surface area contributed by atoms with Gasteiger partial charge in [-0.3, -0.25) is 4.79 Å². The monoisotopic (exact) mass is 352 g/mol. The summed E-state index contributed by atoms with van der Waals surface area (Å²) in [6, 6.07) is 5.09. The Kier molecular flexibility index (Phi) is 5.76. The van der Waals surface area contributed by atoms with Crippen LogP contribution < -0.4 is 9.64 Å². The first kappa shape index (κ1) is 17.5. The lowest BCUT2D eigenvalue weighted by Crippen LogP contribution is -2.28. The van der Waals surface area contributed by atoms with Gasteiger partial charge >= 0.3 is 0 Å². The molecule has 1 N–H and O–H groups in total. The van der Waals surface area contributed by atoms with Gasteiger partial charge in [-0.25, -0.2) is 4.98 Å². The molecule has 7 heteroatoms. The molecule has 0 bridgehead atoms. The van der Waals surface area contributed by atoms with E-state index in [2.05, 4.69) is 11.6 Å². The molecule has 0 fully saturated rings. The molecular formula is C16H17ClN2O3S. The summed E-state index contributed by atoms with van der Waals surface area (Å²) < 4.78 is 5.19. The number of benzene rings is 1. The number of amides is 1. The first-order valence-electron chi connectivity index (χ1n) is 6.86. The average molecular weight is 353 g/mol. The standard InChI is InChI=1S/C16H17ClN2O3S/c1-4-16(21)19(9-15-18-8-14(23-15)10(2)20)11-5-6-12(17)13(7-11)22-3/h4-8,10,20H,1,9H2,2-3H3. The van der Waals surface area contributed by atoms with Crippen LogP contribution in [0.4, 0.5) is 5.69 Å². The molecule has 1 heterocycles. The highest BCUT2D eigenvalue weighted by Crippen LogP contribution is 2.31. The maximum absolute atomic E-state index is 12.2. The summed E-state index contributed by atoms with van der Waals surface area (Å²) in [6.07, 6.45) is 2.27. The molecule has 0 aliphatic carbocycles. The van der Waals surface area contributed by atoms with Gasteiger partial charge in [0.25, 0.3) is 5.91 Å². The summed E-state index contributed by atoms with van der Waals surface area (Å²) in [5.41, 5.74) is 0.630. The van der Waals surface area contributed by atoms with Crippen molar-refractivity contribution in [3.63, 3.8) is 0 Å². The Morgan fingerprint density at radius 1 is 1.61 bits per heavy atom. The molecule has 0 saturated carbocycles. The summed E-state index contributed by atoms with van der Waals surface area (Å²) in [5, 5.41) is 10.8. The first-order chi connectivity index (χ1) is 11.0. The highest BCUT2D eigenvalue weighted by molar-refractivity contribution is 7.11. The third-order valence-corrected chi connectivity index (χ3v) is 4.63. The molecule has 0 saturated heterocycles. The van der Waals surface area contributed by atoms with E-state index in [1.807, 2.05) is 0 Å². The third-order valence-electron chi connectivity index (χ3n) is 3.16. The summed E-state index contributed by atoms with van der Waals surface area (Å²) in [6.45, 7) is 5.48. The van der Waals surface area contributed by atoms with Crippen LogP contribution in [0.15, 0.2) is 37.1 Å². The van der Waals surface area contributed by atoms with Crippen LogP contribution in [0.1, 0.15) is 22.9 Å². The van der Waals surface area contributed by atoms with Gasteiger partial charge in [0.1, 0.15) is 10.8 Å². The molecular weight excluding hydrogens is 336 g/mol. The van der Waals surface area contributed by atoms with Crippen molar-refractivity contribution in [2.24, 2.45) is 0 Å². The number of aliphatic hydroxyl groups excluding tert-OH is 1. The molecule has 0 spiro atoms. The number of hydrogen-bond acceptors (Lipinski definition) is 5. The number of thiazole rings is 1. The van der Waals surface area contributed by atoms with Crippen molar-refractivity contribution in [1.29, 1.82) is 0 Å². The predicted molar refractivity (Wildman–Crippen MR) is 92.1 cm³/mol. The van der Waals surface area contributed by atoms with Crippen molar-refractivity contribution in [3.8, 4) is 5.75 Å². The molecule has 0 aliphatic rings. The van der Waals surface area contributed by atoms with Crippen molar-refractivity contribution in [1.82, 2.24) is 4.98 Å². The molecule has 1 aromatic carbocycles. The summed E-state index contributed by atoms with van der Waals surface area (Å²) >= 11 is 7.38. The van der Waals surface area contributed by atoms with E-state index in [-0.39, 0.29) is 12.5 Å². The van der Waals surface area contributed by atoms with Crippen molar-refractivity contribution in [2.45, 2.75) is 19.6 Å². The van der Waals surface area contributed by atoms with E-state index in [1.165, 1.54) is 29.4 Å². The molecule has 5 nitrogen and oxygen atoms in total. The van der Waals surface area contributed by atoms with Crippen LogP contribution in [0.25, 0.3) is 0 Å². The fourth-order valence-corrected chi connectivity index (χ4v) is 2.99. The Hall–Kier alpha value is -1.89. The van der Waals surface area contributed by atoms with Gasteiger partial charge in [0, 0.05) is 18.0 Å². The Morgan fingerprint density at radius 3 is 2.91 bits per heavy atom. The highest BCUT2D eigenvalue weighted by atomic mass is 35.5. The average Bonchev–Trinajstić information content (AvgIpc) is 3.01. The maximum Gasteiger partial charge on any atom is 0.250 e. The number of aromatic nitrogens is 1. The van der Waals surface area contributed by atoms with Gasteiger partial charge in [0.05, 0.1) is 29.7 Å². The quantitative estimate of drug-likeness (QED) is 0.807. The highest BCUT2D eigenvalue weighted by Gasteiger charge is 2.18. The summed E-state index contributed by atoms with van der Waals surface area (Å²) in [7, 11) is 1.51. The fraction of sp³-hybridized carbons (Fsp3) is 0.250. The van der Waals surface area contributed by atoms with E-state index in [1.54, 1.807) is 31.3 Å². The minimum atomic E-state index is -0.583. The van der Waals surface area contributed by atoms with Crippen LogP contribution in [0.2, 0.25) is 5.02 Å². The Morgan fingerprint density at radius 2 is 2.35 bits per heavy atom. The number of nitrogens with zero attached hydrogens (tertiary/aromatic N) is 2. The molecule has 1 atom stereocenters. The van der Waals surface area contributed by atoms with E-state index in [4.69, 9.17) is 16.3 Å². The summed E-state index contributed by atoms with van der Waals surface area (Å²) in [4.78, 5) is 18.7. The Bertz CT molecular complexity index is 715. The van der Waals surface area contributed by atoms with Crippen LogP contribution >= 0.6 is 22.9 Å². The van der Waals surface area contributed by atoms with Crippen molar-refractivity contribution < 1.29 is 14.6 Å². The van der Waals surface area contributed by atoms with Gasteiger partial charge in [-0.2, -0.15) is 0 Å². The van der Waals surface area contributed by atoms with Crippen molar-refractivity contribution in [2.75, 3.05) is 12.0 Å². The zero-order valence-electron chi connectivity index (χ0n) is 12.8. The van der Waals surface area contributed by atoms with Crippen molar-refractivity contribution >= 4 is 34.5 Å². The van der Waals surface area contributed by atoms with E-state index >= 15 is 0 Å². The van der Waals surface area contributed by atoms with Crippen molar-refractivity contribution in [3.05, 3.63) is 52.0 Å². The van der Waals surface area contributed by atoms with E-state index in [0.29, 0.717) is 21.5 Å². The van der Waals surface area contributed by atoms with E-state index < -0.39 is 6.10 Å². The molecule has 122 valence electrons. The SMILES string of the molecule is C=CC(=O)N(Cc1ncc(C(C)O)s1)c1ccc(Cl)c(OC)c1. The number of methoxy groups -OCH3 is 1. The number of hydrogen-bond donors (Lipinski definition) is 1. The number of carbonyl (C=O) groups is 1.